The lowest BCUT2D eigenvalue weighted by molar-refractivity contribution is 0.322. The SMILES string of the molecule is Cl.N[C@@H]1CCN(Cc2coc(-c3ccccc3)n2)C1. The van der Waals surface area contributed by atoms with Crippen molar-refractivity contribution in [3.63, 3.8) is 0 Å². The zero-order valence-corrected chi connectivity index (χ0v) is 11.5. The molecule has 2 heterocycles. The summed E-state index contributed by atoms with van der Waals surface area (Å²) < 4.78 is 5.52. The Morgan fingerprint density at radius 3 is 2.79 bits per heavy atom. The van der Waals surface area contributed by atoms with Crippen LogP contribution in [0.3, 0.4) is 0 Å². The number of benzene rings is 1. The van der Waals surface area contributed by atoms with E-state index in [1.54, 1.807) is 6.26 Å². The maximum absolute atomic E-state index is 5.89. The van der Waals surface area contributed by atoms with Crippen LogP contribution in [-0.2, 0) is 6.54 Å². The Kier molecular flexibility index (Phi) is 4.58. The van der Waals surface area contributed by atoms with Crippen molar-refractivity contribution in [2.75, 3.05) is 13.1 Å². The Hall–Kier alpha value is -1.36. The molecule has 1 aliphatic heterocycles. The second-order valence-electron chi connectivity index (χ2n) is 4.79. The smallest absolute Gasteiger partial charge is 0.226 e. The number of hydrogen-bond acceptors (Lipinski definition) is 4. The van der Waals surface area contributed by atoms with Crippen LogP contribution in [0, 0.1) is 0 Å². The van der Waals surface area contributed by atoms with E-state index in [2.05, 4.69) is 9.88 Å². The molecule has 3 rings (SSSR count). The van der Waals surface area contributed by atoms with Crippen LogP contribution < -0.4 is 5.73 Å². The number of nitrogens with zero attached hydrogens (tertiary/aromatic N) is 2. The molecule has 2 aromatic rings. The van der Waals surface area contributed by atoms with Gasteiger partial charge in [0.05, 0.1) is 5.69 Å². The second-order valence-corrected chi connectivity index (χ2v) is 4.79. The lowest BCUT2D eigenvalue weighted by Crippen LogP contribution is -2.26. The molecule has 1 fully saturated rings. The molecule has 19 heavy (non-hydrogen) atoms. The minimum absolute atomic E-state index is 0. The van der Waals surface area contributed by atoms with Crippen LogP contribution in [0.15, 0.2) is 41.0 Å². The summed E-state index contributed by atoms with van der Waals surface area (Å²) >= 11 is 0. The molecule has 0 radical (unpaired) electrons. The summed E-state index contributed by atoms with van der Waals surface area (Å²) in [6.45, 7) is 2.83. The largest absolute Gasteiger partial charge is 0.444 e. The van der Waals surface area contributed by atoms with Crippen LogP contribution in [0.4, 0.5) is 0 Å². The van der Waals surface area contributed by atoms with Gasteiger partial charge in [-0.25, -0.2) is 4.98 Å². The number of likely N-dealkylation sites (tertiary alicyclic amines) is 1. The summed E-state index contributed by atoms with van der Waals surface area (Å²) in [6.07, 6.45) is 2.82. The van der Waals surface area contributed by atoms with Crippen molar-refractivity contribution >= 4 is 12.4 Å². The Morgan fingerprint density at radius 1 is 1.32 bits per heavy atom. The summed E-state index contributed by atoms with van der Waals surface area (Å²) in [5.74, 6) is 0.689. The molecule has 4 nitrogen and oxygen atoms in total. The first-order valence-electron chi connectivity index (χ1n) is 6.29. The third-order valence-corrected chi connectivity index (χ3v) is 3.27. The molecule has 5 heteroatoms. The van der Waals surface area contributed by atoms with Gasteiger partial charge >= 0.3 is 0 Å². The molecule has 1 atom stereocenters. The van der Waals surface area contributed by atoms with Crippen molar-refractivity contribution in [2.45, 2.75) is 19.0 Å². The van der Waals surface area contributed by atoms with Crippen LogP contribution in [0.2, 0.25) is 0 Å². The van der Waals surface area contributed by atoms with Gasteiger partial charge in [-0.1, -0.05) is 18.2 Å². The number of halogens is 1. The lowest BCUT2D eigenvalue weighted by Gasteiger charge is -2.12. The van der Waals surface area contributed by atoms with Gasteiger partial charge in [-0.15, -0.1) is 12.4 Å². The number of hydrogen-bond donors (Lipinski definition) is 1. The van der Waals surface area contributed by atoms with Gasteiger partial charge < -0.3 is 10.2 Å². The van der Waals surface area contributed by atoms with Gasteiger partial charge in [0.25, 0.3) is 0 Å². The van der Waals surface area contributed by atoms with E-state index in [1.807, 2.05) is 30.3 Å². The van der Waals surface area contributed by atoms with Gasteiger partial charge in [0.1, 0.15) is 6.26 Å². The minimum Gasteiger partial charge on any atom is -0.444 e. The Labute approximate surface area is 119 Å². The Balaban J connectivity index is 0.00000133. The Morgan fingerprint density at radius 2 is 2.11 bits per heavy atom. The van der Waals surface area contributed by atoms with E-state index in [-0.39, 0.29) is 12.4 Å². The highest BCUT2D eigenvalue weighted by Crippen LogP contribution is 2.19. The quantitative estimate of drug-likeness (QED) is 0.937. The fourth-order valence-electron chi connectivity index (χ4n) is 2.33. The van der Waals surface area contributed by atoms with Crippen molar-refractivity contribution in [3.05, 3.63) is 42.3 Å². The van der Waals surface area contributed by atoms with E-state index >= 15 is 0 Å². The first kappa shape index (κ1) is 14.1. The maximum atomic E-state index is 5.89. The number of rotatable bonds is 3. The van der Waals surface area contributed by atoms with Crippen LogP contribution in [0.5, 0.6) is 0 Å². The van der Waals surface area contributed by atoms with Crippen LogP contribution in [0.1, 0.15) is 12.1 Å². The van der Waals surface area contributed by atoms with Crippen LogP contribution in [0.25, 0.3) is 11.5 Å². The summed E-state index contributed by atoms with van der Waals surface area (Å²) in [6, 6.07) is 10.3. The van der Waals surface area contributed by atoms with Gasteiger partial charge in [0, 0.05) is 31.2 Å². The molecule has 1 saturated heterocycles. The molecule has 0 amide bonds. The normalized spacial score (nSPS) is 19.3. The fourth-order valence-corrected chi connectivity index (χ4v) is 2.33. The first-order valence-corrected chi connectivity index (χ1v) is 6.29. The highest BCUT2D eigenvalue weighted by atomic mass is 35.5. The van der Waals surface area contributed by atoms with Gasteiger partial charge in [0.15, 0.2) is 0 Å². The number of nitrogens with two attached hydrogens (primary N) is 1. The predicted octanol–water partition coefficient (Wildman–Crippen LogP) is 2.30. The molecule has 0 saturated carbocycles. The van der Waals surface area contributed by atoms with Gasteiger partial charge in [0.2, 0.25) is 5.89 Å². The van der Waals surface area contributed by atoms with Crippen molar-refractivity contribution < 1.29 is 4.42 Å². The van der Waals surface area contributed by atoms with Crippen molar-refractivity contribution in [3.8, 4) is 11.5 Å². The maximum Gasteiger partial charge on any atom is 0.226 e. The van der Waals surface area contributed by atoms with Gasteiger partial charge in [-0.3, -0.25) is 4.90 Å². The van der Waals surface area contributed by atoms with Crippen molar-refractivity contribution in [2.24, 2.45) is 5.73 Å². The topological polar surface area (TPSA) is 55.3 Å². The zero-order chi connectivity index (χ0) is 12.4. The highest BCUT2D eigenvalue weighted by molar-refractivity contribution is 5.85. The van der Waals surface area contributed by atoms with E-state index in [0.717, 1.165) is 37.3 Å². The molecule has 0 unspecified atom stereocenters. The second kappa shape index (κ2) is 6.19. The van der Waals surface area contributed by atoms with Crippen LogP contribution >= 0.6 is 12.4 Å². The molecule has 1 aromatic heterocycles. The van der Waals surface area contributed by atoms with E-state index in [9.17, 15) is 0 Å². The fraction of sp³-hybridized carbons (Fsp3) is 0.357. The van der Waals surface area contributed by atoms with Gasteiger partial charge in [-0.05, 0) is 18.6 Å². The molecule has 0 spiro atoms. The molecule has 102 valence electrons. The van der Waals surface area contributed by atoms with E-state index < -0.39 is 0 Å². The molecular weight excluding hydrogens is 262 g/mol. The Bertz CT molecular complexity index is 514. The first-order chi connectivity index (χ1) is 8.81. The summed E-state index contributed by atoms with van der Waals surface area (Å²) in [5.41, 5.74) is 7.88. The third-order valence-electron chi connectivity index (χ3n) is 3.27. The average Bonchev–Trinajstić information content (AvgIpc) is 3.01. The molecule has 0 bridgehead atoms. The average molecular weight is 280 g/mol. The summed E-state index contributed by atoms with van der Waals surface area (Å²) in [7, 11) is 0. The lowest BCUT2D eigenvalue weighted by atomic mass is 10.2. The monoisotopic (exact) mass is 279 g/mol. The van der Waals surface area contributed by atoms with E-state index in [1.165, 1.54) is 0 Å². The third kappa shape index (κ3) is 3.35. The van der Waals surface area contributed by atoms with Gasteiger partial charge in [-0.2, -0.15) is 0 Å². The molecule has 0 aliphatic carbocycles. The molecular formula is C14H18ClN3O. The summed E-state index contributed by atoms with van der Waals surface area (Å²) in [4.78, 5) is 6.84. The van der Waals surface area contributed by atoms with Crippen LogP contribution in [-0.4, -0.2) is 29.0 Å². The standard InChI is InChI=1S/C14H17N3O.ClH/c15-12-6-7-17(8-12)9-13-10-18-14(16-13)11-4-2-1-3-5-11;/h1-5,10,12H,6-9,15H2;1H/t12-;/m1./s1. The van der Waals surface area contributed by atoms with E-state index in [0.29, 0.717) is 11.9 Å². The number of oxazole rings is 1. The number of aromatic nitrogens is 1. The zero-order valence-electron chi connectivity index (χ0n) is 10.7. The highest BCUT2D eigenvalue weighted by Gasteiger charge is 2.20. The molecule has 2 N–H and O–H groups in total. The minimum atomic E-state index is 0. The predicted molar refractivity (Wildman–Crippen MR) is 77.1 cm³/mol. The van der Waals surface area contributed by atoms with Crippen molar-refractivity contribution in [1.82, 2.24) is 9.88 Å². The van der Waals surface area contributed by atoms with Crippen molar-refractivity contribution in [1.29, 1.82) is 0 Å². The molecule has 1 aromatic carbocycles. The van der Waals surface area contributed by atoms with E-state index in [4.69, 9.17) is 10.2 Å². The molecule has 1 aliphatic rings. The summed E-state index contributed by atoms with van der Waals surface area (Å²) in [5, 5.41) is 0.